The first kappa shape index (κ1) is 14.4. The highest BCUT2D eigenvalue weighted by Gasteiger charge is 2.26. The van der Waals surface area contributed by atoms with E-state index in [4.69, 9.17) is 0 Å². The second-order valence-electron chi connectivity index (χ2n) is 3.44. The molecule has 6 heteroatoms. The lowest BCUT2D eigenvalue weighted by Crippen LogP contribution is -2.42. The summed E-state index contributed by atoms with van der Waals surface area (Å²) in [6, 6.07) is -0.823. The summed E-state index contributed by atoms with van der Waals surface area (Å²) >= 11 is 0. The third-order valence-corrected chi connectivity index (χ3v) is 2.06. The summed E-state index contributed by atoms with van der Waals surface area (Å²) in [6.07, 6.45) is 0.152. The molecule has 6 nitrogen and oxygen atoms in total. The predicted molar refractivity (Wildman–Crippen MR) is 55.4 cm³/mol. The average Bonchev–Trinajstić information content (AvgIpc) is 2.25. The summed E-state index contributed by atoms with van der Waals surface area (Å²) < 4.78 is 9.05. The zero-order valence-corrected chi connectivity index (χ0v) is 9.90. The second-order valence-corrected chi connectivity index (χ2v) is 3.44. The van der Waals surface area contributed by atoms with Gasteiger partial charge in [-0.05, 0) is 6.42 Å². The SMILES string of the molecule is COC(=O)[C@H](C)C[C@@H](NC(C)=O)C(=O)OC. The van der Waals surface area contributed by atoms with Crippen molar-refractivity contribution in [1.82, 2.24) is 5.32 Å². The molecule has 1 N–H and O–H groups in total. The van der Waals surface area contributed by atoms with Crippen LogP contribution in [0.15, 0.2) is 0 Å². The summed E-state index contributed by atoms with van der Waals surface area (Å²) in [5.74, 6) is -1.85. The fraction of sp³-hybridized carbons (Fsp3) is 0.700. The van der Waals surface area contributed by atoms with Gasteiger partial charge in [0.1, 0.15) is 6.04 Å². The topological polar surface area (TPSA) is 81.7 Å². The molecule has 0 aliphatic heterocycles. The number of hydrogen-bond acceptors (Lipinski definition) is 5. The van der Waals surface area contributed by atoms with E-state index in [1.807, 2.05) is 0 Å². The van der Waals surface area contributed by atoms with Gasteiger partial charge < -0.3 is 14.8 Å². The van der Waals surface area contributed by atoms with E-state index in [1.54, 1.807) is 6.92 Å². The first-order valence-electron chi connectivity index (χ1n) is 4.85. The number of nitrogens with one attached hydrogen (secondary N) is 1. The Morgan fingerprint density at radius 2 is 1.62 bits per heavy atom. The maximum absolute atomic E-state index is 11.3. The van der Waals surface area contributed by atoms with Gasteiger partial charge >= 0.3 is 11.9 Å². The van der Waals surface area contributed by atoms with Crippen molar-refractivity contribution in [1.29, 1.82) is 0 Å². The Labute approximate surface area is 94.3 Å². The van der Waals surface area contributed by atoms with Gasteiger partial charge in [-0.2, -0.15) is 0 Å². The largest absolute Gasteiger partial charge is 0.469 e. The van der Waals surface area contributed by atoms with Crippen LogP contribution in [0.5, 0.6) is 0 Å². The van der Waals surface area contributed by atoms with Gasteiger partial charge in [-0.3, -0.25) is 9.59 Å². The van der Waals surface area contributed by atoms with E-state index < -0.39 is 23.9 Å². The molecule has 0 aromatic rings. The van der Waals surface area contributed by atoms with Crippen LogP contribution in [0.2, 0.25) is 0 Å². The molecular formula is C10H17NO5. The highest BCUT2D eigenvalue weighted by atomic mass is 16.5. The lowest BCUT2D eigenvalue weighted by atomic mass is 10.0. The Bertz CT molecular complexity index is 276. The Hall–Kier alpha value is -1.59. The van der Waals surface area contributed by atoms with E-state index in [1.165, 1.54) is 21.1 Å². The minimum Gasteiger partial charge on any atom is -0.469 e. The monoisotopic (exact) mass is 231 g/mol. The average molecular weight is 231 g/mol. The van der Waals surface area contributed by atoms with Gasteiger partial charge in [0.15, 0.2) is 0 Å². The van der Waals surface area contributed by atoms with Gasteiger partial charge in [0.05, 0.1) is 20.1 Å². The molecule has 1 amide bonds. The third-order valence-electron chi connectivity index (χ3n) is 2.06. The Morgan fingerprint density at radius 3 is 2.00 bits per heavy atom. The lowest BCUT2D eigenvalue weighted by Gasteiger charge is -2.18. The van der Waals surface area contributed by atoms with Crippen molar-refractivity contribution in [3.05, 3.63) is 0 Å². The number of ether oxygens (including phenoxy) is 2. The number of rotatable bonds is 5. The Kier molecular flexibility index (Phi) is 6.14. The van der Waals surface area contributed by atoms with E-state index in [-0.39, 0.29) is 12.3 Å². The highest BCUT2D eigenvalue weighted by molar-refractivity contribution is 5.84. The number of carbonyl (C=O) groups is 3. The third kappa shape index (κ3) is 4.77. The zero-order valence-electron chi connectivity index (χ0n) is 9.90. The van der Waals surface area contributed by atoms with Crippen LogP contribution >= 0.6 is 0 Å². The van der Waals surface area contributed by atoms with Crippen LogP contribution in [0.25, 0.3) is 0 Å². The quantitative estimate of drug-likeness (QED) is 0.666. The number of carbonyl (C=O) groups excluding carboxylic acids is 3. The van der Waals surface area contributed by atoms with Crippen molar-refractivity contribution in [3.63, 3.8) is 0 Å². The fourth-order valence-corrected chi connectivity index (χ4v) is 1.25. The molecule has 0 unspecified atom stereocenters. The molecule has 0 heterocycles. The zero-order chi connectivity index (χ0) is 12.7. The van der Waals surface area contributed by atoms with Crippen LogP contribution in [0.3, 0.4) is 0 Å². The normalized spacial score (nSPS) is 13.5. The van der Waals surface area contributed by atoms with Crippen molar-refractivity contribution in [2.45, 2.75) is 26.3 Å². The second kappa shape index (κ2) is 6.81. The Morgan fingerprint density at radius 1 is 1.12 bits per heavy atom. The molecule has 2 atom stereocenters. The smallest absolute Gasteiger partial charge is 0.328 e. The molecule has 0 spiro atoms. The van der Waals surface area contributed by atoms with Crippen LogP contribution in [-0.4, -0.2) is 38.1 Å². The Balaban J connectivity index is 4.47. The van der Waals surface area contributed by atoms with Gasteiger partial charge in [0.25, 0.3) is 0 Å². The summed E-state index contributed by atoms with van der Waals surface area (Å²) in [4.78, 5) is 33.3. The molecule has 0 radical (unpaired) electrons. The molecule has 16 heavy (non-hydrogen) atoms. The van der Waals surface area contributed by atoms with Crippen molar-refractivity contribution < 1.29 is 23.9 Å². The van der Waals surface area contributed by atoms with Crippen molar-refractivity contribution in [3.8, 4) is 0 Å². The standard InChI is InChI=1S/C10H17NO5/c1-6(9(13)15-3)5-8(10(14)16-4)11-7(2)12/h6,8H,5H2,1-4H3,(H,11,12)/t6-,8-/m1/s1. The molecule has 92 valence electrons. The van der Waals surface area contributed by atoms with Crippen LogP contribution in [0, 0.1) is 5.92 Å². The summed E-state index contributed by atoms with van der Waals surface area (Å²) in [5.41, 5.74) is 0. The van der Waals surface area contributed by atoms with Gasteiger partial charge in [0.2, 0.25) is 5.91 Å². The fourth-order valence-electron chi connectivity index (χ4n) is 1.25. The van der Waals surface area contributed by atoms with Gasteiger partial charge in [-0.1, -0.05) is 6.92 Å². The maximum Gasteiger partial charge on any atom is 0.328 e. The number of hydrogen-bond donors (Lipinski definition) is 1. The van der Waals surface area contributed by atoms with Crippen LogP contribution < -0.4 is 5.32 Å². The minimum absolute atomic E-state index is 0.152. The van der Waals surface area contributed by atoms with Crippen molar-refractivity contribution in [2.75, 3.05) is 14.2 Å². The molecule has 0 bridgehead atoms. The van der Waals surface area contributed by atoms with Crippen LogP contribution in [0.1, 0.15) is 20.3 Å². The molecule has 0 aliphatic rings. The maximum atomic E-state index is 11.3. The lowest BCUT2D eigenvalue weighted by molar-refractivity contribution is -0.148. The van der Waals surface area contributed by atoms with E-state index >= 15 is 0 Å². The van der Waals surface area contributed by atoms with Crippen molar-refractivity contribution in [2.24, 2.45) is 5.92 Å². The van der Waals surface area contributed by atoms with E-state index in [0.717, 1.165) is 0 Å². The summed E-state index contributed by atoms with van der Waals surface area (Å²) in [5, 5.41) is 2.42. The van der Waals surface area contributed by atoms with E-state index in [9.17, 15) is 14.4 Å². The van der Waals surface area contributed by atoms with E-state index in [2.05, 4.69) is 14.8 Å². The molecule has 0 fully saturated rings. The number of methoxy groups -OCH3 is 2. The summed E-state index contributed by atoms with van der Waals surface area (Å²) in [7, 11) is 2.49. The van der Waals surface area contributed by atoms with Gasteiger partial charge in [-0.15, -0.1) is 0 Å². The number of amides is 1. The van der Waals surface area contributed by atoms with Gasteiger partial charge in [-0.25, -0.2) is 4.79 Å². The van der Waals surface area contributed by atoms with Gasteiger partial charge in [0, 0.05) is 6.92 Å². The molecule has 0 saturated carbocycles. The van der Waals surface area contributed by atoms with E-state index in [0.29, 0.717) is 0 Å². The van der Waals surface area contributed by atoms with Crippen LogP contribution in [0.4, 0.5) is 0 Å². The minimum atomic E-state index is -0.823. The number of esters is 2. The molecule has 0 rings (SSSR count). The molecule has 0 saturated heterocycles. The predicted octanol–water partition coefficient (Wildman–Crippen LogP) is -0.137. The highest BCUT2D eigenvalue weighted by Crippen LogP contribution is 2.09. The molecular weight excluding hydrogens is 214 g/mol. The summed E-state index contributed by atoms with van der Waals surface area (Å²) in [6.45, 7) is 2.91. The molecule has 0 aromatic carbocycles. The molecule has 0 aromatic heterocycles. The van der Waals surface area contributed by atoms with Crippen LogP contribution in [-0.2, 0) is 23.9 Å². The first-order chi connectivity index (χ1) is 7.42. The molecule has 0 aliphatic carbocycles. The first-order valence-corrected chi connectivity index (χ1v) is 4.85. The van der Waals surface area contributed by atoms with Crippen molar-refractivity contribution >= 4 is 17.8 Å².